The van der Waals surface area contributed by atoms with Crippen LogP contribution in [0.5, 0.6) is 0 Å². The number of rotatable bonds is 15. The van der Waals surface area contributed by atoms with Crippen LogP contribution < -0.4 is 0 Å². The molecule has 0 radical (unpaired) electrons. The highest BCUT2D eigenvalue weighted by molar-refractivity contribution is 7.48. The first kappa shape index (κ1) is 21.1. The zero-order valence-corrected chi connectivity index (χ0v) is 15.3. The molecule has 0 fully saturated rings. The molecule has 0 amide bonds. The molecule has 0 N–H and O–H groups in total. The molecule has 2 unspecified atom stereocenters. The molecule has 21 heavy (non-hydrogen) atoms. The Labute approximate surface area is 131 Å². The van der Waals surface area contributed by atoms with Gasteiger partial charge in [0.2, 0.25) is 0 Å². The third-order valence-electron chi connectivity index (χ3n) is 3.55. The first-order valence-corrected chi connectivity index (χ1v) is 10.1. The molecule has 0 saturated carbocycles. The molecule has 128 valence electrons. The molecule has 0 aliphatic carbocycles. The molecule has 4 nitrogen and oxygen atoms in total. The largest absolute Gasteiger partial charge is 0.474 e. The molecule has 0 aromatic carbocycles. The molecule has 5 heteroatoms. The Morgan fingerprint density at radius 3 is 2.14 bits per heavy atom. The summed E-state index contributed by atoms with van der Waals surface area (Å²) in [6.45, 7) is 9.55. The van der Waals surface area contributed by atoms with Crippen molar-refractivity contribution in [3.05, 3.63) is 0 Å². The fourth-order valence-corrected chi connectivity index (χ4v) is 3.36. The molecule has 0 aromatic rings. The van der Waals surface area contributed by atoms with E-state index in [0.717, 1.165) is 25.7 Å². The topological polar surface area (TPSA) is 44.8 Å². The van der Waals surface area contributed by atoms with Gasteiger partial charge in [0.15, 0.2) is 0 Å². The van der Waals surface area contributed by atoms with E-state index in [0.29, 0.717) is 25.7 Å². The smallest absolute Gasteiger partial charge is 0.287 e. The maximum atomic E-state index is 12.5. The van der Waals surface area contributed by atoms with Gasteiger partial charge < -0.3 is 0 Å². The Bertz CT molecular complexity index is 271. The molecule has 0 aromatic heterocycles. The van der Waals surface area contributed by atoms with E-state index in [1.54, 1.807) is 0 Å². The predicted molar refractivity (Wildman–Crippen MR) is 88.6 cm³/mol. The van der Waals surface area contributed by atoms with E-state index in [4.69, 9.17) is 13.6 Å². The van der Waals surface area contributed by atoms with Gasteiger partial charge in [0.05, 0.1) is 19.8 Å². The third-order valence-corrected chi connectivity index (χ3v) is 5.08. The van der Waals surface area contributed by atoms with E-state index in [9.17, 15) is 4.57 Å². The zero-order chi connectivity index (χ0) is 16.0. The van der Waals surface area contributed by atoms with Crippen molar-refractivity contribution in [2.45, 2.75) is 79.1 Å². The third kappa shape index (κ3) is 11.3. The SMILES string of the molecule is CCCCCCOP(=O)(OCC)OCC(CC)CCCC. The van der Waals surface area contributed by atoms with Crippen LogP contribution in [-0.4, -0.2) is 19.8 Å². The normalized spacial score (nSPS) is 15.8. The van der Waals surface area contributed by atoms with E-state index in [1.807, 2.05) is 6.92 Å². The maximum absolute atomic E-state index is 12.5. The molecule has 0 heterocycles. The Morgan fingerprint density at radius 2 is 1.57 bits per heavy atom. The summed E-state index contributed by atoms with van der Waals surface area (Å²) in [5.41, 5.74) is 0. The van der Waals surface area contributed by atoms with Crippen molar-refractivity contribution in [2.24, 2.45) is 5.92 Å². The number of phosphoric acid groups is 1. The number of hydrogen-bond donors (Lipinski definition) is 0. The van der Waals surface area contributed by atoms with Crippen molar-refractivity contribution in [3.63, 3.8) is 0 Å². The van der Waals surface area contributed by atoms with Crippen molar-refractivity contribution in [3.8, 4) is 0 Å². The van der Waals surface area contributed by atoms with Crippen molar-refractivity contribution in [1.29, 1.82) is 0 Å². The predicted octanol–water partition coefficient (Wildman–Crippen LogP) is 5.96. The van der Waals surface area contributed by atoms with Gasteiger partial charge in [-0.15, -0.1) is 0 Å². The van der Waals surface area contributed by atoms with Gasteiger partial charge in [0.25, 0.3) is 0 Å². The van der Waals surface area contributed by atoms with E-state index in [2.05, 4.69) is 20.8 Å². The summed E-state index contributed by atoms with van der Waals surface area (Å²) in [7, 11) is -3.37. The van der Waals surface area contributed by atoms with Crippen LogP contribution in [0, 0.1) is 5.92 Å². The van der Waals surface area contributed by atoms with Gasteiger partial charge in [0.1, 0.15) is 0 Å². The van der Waals surface area contributed by atoms with Crippen LogP contribution in [0.2, 0.25) is 0 Å². The summed E-state index contributed by atoms with van der Waals surface area (Å²) in [5.74, 6) is 0.433. The van der Waals surface area contributed by atoms with Crippen LogP contribution in [0.3, 0.4) is 0 Å². The monoisotopic (exact) mass is 322 g/mol. The van der Waals surface area contributed by atoms with Crippen molar-refractivity contribution >= 4 is 7.82 Å². The molecule has 0 bridgehead atoms. The van der Waals surface area contributed by atoms with Crippen LogP contribution in [-0.2, 0) is 18.1 Å². The second-order valence-corrected chi connectivity index (χ2v) is 7.14. The van der Waals surface area contributed by atoms with Crippen molar-refractivity contribution < 1.29 is 18.1 Å². The fraction of sp³-hybridized carbons (Fsp3) is 1.00. The average Bonchev–Trinajstić information content (AvgIpc) is 2.47. The van der Waals surface area contributed by atoms with Gasteiger partial charge >= 0.3 is 7.82 Å². The average molecular weight is 322 g/mol. The molecule has 2 atom stereocenters. The van der Waals surface area contributed by atoms with Gasteiger partial charge in [-0.2, -0.15) is 0 Å². The first-order chi connectivity index (χ1) is 10.1. The lowest BCUT2D eigenvalue weighted by atomic mass is 10.0. The first-order valence-electron chi connectivity index (χ1n) is 8.65. The van der Waals surface area contributed by atoms with Crippen LogP contribution in [0.4, 0.5) is 0 Å². The van der Waals surface area contributed by atoms with Crippen molar-refractivity contribution in [1.82, 2.24) is 0 Å². The lowest BCUT2D eigenvalue weighted by molar-refractivity contribution is 0.0993. The highest BCUT2D eigenvalue weighted by Gasteiger charge is 2.27. The van der Waals surface area contributed by atoms with Gasteiger partial charge in [0, 0.05) is 0 Å². The van der Waals surface area contributed by atoms with E-state index in [1.165, 1.54) is 25.7 Å². The summed E-state index contributed by atoms with van der Waals surface area (Å²) in [5, 5.41) is 0. The molecule has 0 spiro atoms. The quantitative estimate of drug-likeness (QED) is 0.275. The Balaban J connectivity index is 4.14. The fourth-order valence-electron chi connectivity index (χ4n) is 2.07. The Kier molecular flexibility index (Phi) is 13.8. The van der Waals surface area contributed by atoms with Gasteiger partial charge in [-0.05, 0) is 25.7 Å². The molecular weight excluding hydrogens is 287 g/mol. The number of hydrogen-bond acceptors (Lipinski definition) is 4. The molecule has 0 aliphatic rings. The van der Waals surface area contributed by atoms with Gasteiger partial charge in [-0.25, -0.2) is 4.57 Å². The van der Waals surface area contributed by atoms with Crippen LogP contribution in [0.15, 0.2) is 0 Å². The van der Waals surface area contributed by atoms with Crippen LogP contribution >= 0.6 is 7.82 Å². The molecule has 0 rings (SSSR count). The minimum atomic E-state index is -3.37. The standard InChI is InChI=1S/C16H35O4P/c1-5-9-11-12-14-19-21(17,18-8-4)20-15-16(7-3)13-10-6-2/h16H,5-15H2,1-4H3. The maximum Gasteiger partial charge on any atom is 0.474 e. The lowest BCUT2D eigenvalue weighted by Crippen LogP contribution is -2.10. The van der Waals surface area contributed by atoms with Crippen molar-refractivity contribution in [2.75, 3.05) is 19.8 Å². The molecule has 0 aliphatic heterocycles. The summed E-state index contributed by atoms with van der Waals surface area (Å²) in [6.07, 6.45) is 8.84. The second-order valence-electron chi connectivity index (χ2n) is 5.47. The van der Waals surface area contributed by atoms with E-state index < -0.39 is 7.82 Å². The van der Waals surface area contributed by atoms with E-state index in [-0.39, 0.29) is 0 Å². The summed E-state index contributed by atoms with van der Waals surface area (Å²) < 4.78 is 28.7. The molecule has 0 saturated heterocycles. The minimum absolute atomic E-state index is 0.345. The molecular formula is C16H35O4P. The summed E-state index contributed by atoms with van der Waals surface area (Å²) in [6, 6.07) is 0. The van der Waals surface area contributed by atoms with Crippen LogP contribution in [0.25, 0.3) is 0 Å². The van der Waals surface area contributed by atoms with E-state index >= 15 is 0 Å². The minimum Gasteiger partial charge on any atom is -0.287 e. The van der Waals surface area contributed by atoms with Crippen LogP contribution in [0.1, 0.15) is 79.1 Å². The van der Waals surface area contributed by atoms with Gasteiger partial charge in [-0.1, -0.05) is 59.3 Å². The highest BCUT2D eigenvalue weighted by Crippen LogP contribution is 2.50. The Morgan fingerprint density at radius 1 is 0.857 bits per heavy atom. The highest BCUT2D eigenvalue weighted by atomic mass is 31.2. The Hall–Kier alpha value is 0.110. The second kappa shape index (κ2) is 13.8. The lowest BCUT2D eigenvalue weighted by Gasteiger charge is -2.20. The number of phosphoric ester groups is 1. The zero-order valence-electron chi connectivity index (χ0n) is 14.4. The summed E-state index contributed by atoms with van der Waals surface area (Å²) >= 11 is 0. The summed E-state index contributed by atoms with van der Waals surface area (Å²) in [4.78, 5) is 0. The van der Waals surface area contributed by atoms with Gasteiger partial charge in [-0.3, -0.25) is 13.6 Å². The number of unbranched alkanes of at least 4 members (excludes halogenated alkanes) is 4.